The maximum absolute atomic E-state index is 12.6. The Labute approximate surface area is 102 Å². The number of alkyl halides is 3. The van der Waals surface area contributed by atoms with Gasteiger partial charge in [-0.25, -0.2) is 0 Å². The number of benzene rings is 1. The van der Waals surface area contributed by atoms with Gasteiger partial charge in [0, 0.05) is 11.1 Å². The fraction of sp³-hybridized carbons (Fsp3) is 0.231. The largest absolute Gasteiger partial charge is 0.406 e. The second-order valence-corrected chi connectivity index (χ2v) is 3.89. The van der Waals surface area contributed by atoms with Crippen molar-refractivity contribution in [2.75, 3.05) is 5.73 Å². The van der Waals surface area contributed by atoms with E-state index in [2.05, 4.69) is 11.8 Å². The number of rotatable bonds is 1. The Balaban J connectivity index is 2.69. The van der Waals surface area contributed by atoms with Crippen molar-refractivity contribution in [3.8, 4) is 11.8 Å². The summed E-state index contributed by atoms with van der Waals surface area (Å²) >= 11 is 0. The van der Waals surface area contributed by atoms with Gasteiger partial charge in [-0.05, 0) is 31.0 Å². The molecule has 0 saturated carbocycles. The smallest absolute Gasteiger partial charge is 0.398 e. The second kappa shape index (κ2) is 4.30. The number of hydrogen-bond donors (Lipinski definition) is 1. The number of nitrogens with zero attached hydrogens (tertiary/aromatic N) is 1. The standard InChI is InChI=1S/C13H11F3N2/c1-2-4-9-7-10-11(17)5-3-6-12(10)18(9)8-13(14,15)16/h3,5-7H,8,17H2,1H3. The van der Waals surface area contributed by atoms with Crippen molar-refractivity contribution in [3.63, 3.8) is 0 Å². The average Bonchev–Trinajstić information content (AvgIpc) is 2.58. The molecule has 1 aromatic heterocycles. The van der Waals surface area contributed by atoms with E-state index in [-0.39, 0.29) is 0 Å². The summed E-state index contributed by atoms with van der Waals surface area (Å²) in [7, 11) is 0. The van der Waals surface area contributed by atoms with Gasteiger partial charge in [-0.15, -0.1) is 0 Å². The molecule has 1 heterocycles. The zero-order valence-electron chi connectivity index (χ0n) is 9.67. The zero-order valence-corrected chi connectivity index (χ0v) is 9.67. The zero-order chi connectivity index (χ0) is 13.3. The van der Waals surface area contributed by atoms with Gasteiger partial charge >= 0.3 is 6.18 Å². The van der Waals surface area contributed by atoms with Crippen LogP contribution in [0.4, 0.5) is 18.9 Å². The van der Waals surface area contributed by atoms with E-state index in [9.17, 15) is 13.2 Å². The summed E-state index contributed by atoms with van der Waals surface area (Å²) in [4.78, 5) is 0. The highest BCUT2D eigenvalue weighted by Crippen LogP contribution is 2.28. The third-order valence-corrected chi connectivity index (χ3v) is 2.57. The van der Waals surface area contributed by atoms with Crippen molar-refractivity contribution >= 4 is 16.6 Å². The van der Waals surface area contributed by atoms with E-state index in [1.807, 2.05) is 0 Å². The Bertz CT molecular complexity index is 642. The van der Waals surface area contributed by atoms with Crippen LogP contribution in [0, 0.1) is 11.8 Å². The van der Waals surface area contributed by atoms with Gasteiger partial charge in [0.1, 0.15) is 6.54 Å². The number of halogens is 3. The van der Waals surface area contributed by atoms with Gasteiger partial charge < -0.3 is 10.3 Å². The van der Waals surface area contributed by atoms with E-state index < -0.39 is 12.7 Å². The lowest BCUT2D eigenvalue weighted by Gasteiger charge is -2.10. The van der Waals surface area contributed by atoms with Gasteiger partial charge in [0.15, 0.2) is 0 Å². The first kappa shape index (κ1) is 12.4. The van der Waals surface area contributed by atoms with Gasteiger partial charge in [-0.3, -0.25) is 0 Å². The molecule has 0 bridgehead atoms. The molecular weight excluding hydrogens is 241 g/mol. The van der Waals surface area contributed by atoms with E-state index in [4.69, 9.17) is 5.73 Å². The molecule has 0 saturated heterocycles. The van der Waals surface area contributed by atoms with Crippen LogP contribution < -0.4 is 5.73 Å². The summed E-state index contributed by atoms with van der Waals surface area (Å²) in [5.74, 6) is 5.28. The van der Waals surface area contributed by atoms with Crippen molar-refractivity contribution in [1.82, 2.24) is 4.57 Å². The normalized spacial score (nSPS) is 11.3. The molecule has 0 unspecified atom stereocenters. The maximum atomic E-state index is 12.6. The SMILES string of the molecule is CC#Cc1cc2c(N)cccc2n1CC(F)(F)F. The average molecular weight is 252 g/mol. The number of hydrogen-bond acceptors (Lipinski definition) is 1. The van der Waals surface area contributed by atoms with Gasteiger partial charge in [0.25, 0.3) is 0 Å². The number of nitrogens with two attached hydrogens (primary N) is 1. The quantitative estimate of drug-likeness (QED) is 0.613. The fourth-order valence-electron chi connectivity index (χ4n) is 1.89. The Hall–Kier alpha value is -2.09. The molecule has 0 aliphatic heterocycles. The van der Waals surface area contributed by atoms with Gasteiger partial charge in [0.2, 0.25) is 0 Å². The van der Waals surface area contributed by atoms with Crippen molar-refractivity contribution in [2.45, 2.75) is 19.6 Å². The third kappa shape index (κ3) is 2.28. The summed E-state index contributed by atoms with van der Waals surface area (Å²) in [6.07, 6.45) is -4.29. The maximum Gasteiger partial charge on any atom is 0.406 e. The first-order valence-electron chi connectivity index (χ1n) is 5.29. The highest BCUT2D eigenvalue weighted by atomic mass is 19.4. The van der Waals surface area contributed by atoms with Gasteiger partial charge in [-0.2, -0.15) is 13.2 Å². The molecule has 2 aromatic rings. The van der Waals surface area contributed by atoms with Crippen LogP contribution in [-0.4, -0.2) is 10.7 Å². The van der Waals surface area contributed by atoms with E-state index in [0.29, 0.717) is 22.3 Å². The highest BCUT2D eigenvalue weighted by Gasteiger charge is 2.29. The summed E-state index contributed by atoms with van der Waals surface area (Å²) in [5.41, 5.74) is 6.98. The first-order valence-corrected chi connectivity index (χ1v) is 5.29. The van der Waals surface area contributed by atoms with Crippen LogP contribution in [0.2, 0.25) is 0 Å². The molecule has 0 atom stereocenters. The minimum absolute atomic E-state index is 0.322. The van der Waals surface area contributed by atoms with Crippen molar-refractivity contribution in [1.29, 1.82) is 0 Å². The lowest BCUT2D eigenvalue weighted by molar-refractivity contribution is -0.140. The Morgan fingerprint density at radius 2 is 2.06 bits per heavy atom. The third-order valence-electron chi connectivity index (χ3n) is 2.57. The molecule has 2 rings (SSSR count). The van der Waals surface area contributed by atoms with E-state index in [1.54, 1.807) is 31.2 Å². The number of nitrogen functional groups attached to an aromatic ring is 1. The van der Waals surface area contributed by atoms with Crippen LogP contribution in [0.1, 0.15) is 12.6 Å². The van der Waals surface area contributed by atoms with Gasteiger partial charge in [-0.1, -0.05) is 12.0 Å². The molecule has 0 amide bonds. The number of anilines is 1. The Morgan fingerprint density at radius 1 is 1.33 bits per heavy atom. The molecule has 2 nitrogen and oxygen atoms in total. The minimum atomic E-state index is -4.29. The minimum Gasteiger partial charge on any atom is -0.398 e. The number of fused-ring (bicyclic) bond motifs is 1. The molecule has 5 heteroatoms. The van der Waals surface area contributed by atoms with Crippen LogP contribution in [0.25, 0.3) is 10.9 Å². The summed E-state index contributed by atoms with van der Waals surface area (Å²) in [5, 5.41) is 0.597. The van der Waals surface area contributed by atoms with Crippen LogP contribution in [0.5, 0.6) is 0 Å². The topological polar surface area (TPSA) is 30.9 Å². The lowest BCUT2D eigenvalue weighted by Crippen LogP contribution is -2.18. The van der Waals surface area contributed by atoms with E-state index >= 15 is 0 Å². The van der Waals surface area contributed by atoms with Crippen molar-refractivity contribution in [3.05, 3.63) is 30.0 Å². The molecule has 0 aliphatic rings. The van der Waals surface area contributed by atoms with E-state index in [1.165, 1.54) is 0 Å². The Morgan fingerprint density at radius 3 is 2.67 bits per heavy atom. The van der Waals surface area contributed by atoms with Crippen LogP contribution >= 0.6 is 0 Å². The molecule has 0 aliphatic carbocycles. The summed E-state index contributed by atoms with van der Waals surface area (Å²) in [6, 6.07) is 6.49. The van der Waals surface area contributed by atoms with E-state index in [0.717, 1.165) is 4.57 Å². The molecule has 2 N–H and O–H groups in total. The molecule has 0 radical (unpaired) electrons. The predicted molar refractivity (Wildman–Crippen MR) is 65.0 cm³/mol. The molecule has 18 heavy (non-hydrogen) atoms. The number of aromatic nitrogens is 1. The van der Waals surface area contributed by atoms with Crippen LogP contribution in [-0.2, 0) is 6.54 Å². The summed E-state index contributed by atoms with van der Waals surface area (Å²) in [6.45, 7) is 0.517. The monoisotopic (exact) mass is 252 g/mol. The molecule has 94 valence electrons. The predicted octanol–water partition coefficient (Wildman–Crippen LogP) is 3.16. The molecule has 1 aromatic carbocycles. The fourth-order valence-corrected chi connectivity index (χ4v) is 1.89. The lowest BCUT2D eigenvalue weighted by atomic mass is 10.2. The molecular formula is C13H11F3N2. The second-order valence-electron chi connectivity index (χ2n) is 3.89. The van der Waals surface area contributed by atoms with Crippen molar-refractivity contribution < 1.29 is 13.2 Å². The summed E-state index contributed by atoms with van der Waals surface area (Å²) < 4.78 is 38.8. The molecule has 0 fully saturated rings. The highest BCUT2D eigenvalue weighted by molar-refractivity contribution is 5.92. The van der Waals surface area contributed by atoms with Crippen LogP contribution in [0.15, 0.2) is 24.3 Å². The van der Waals surface area contributed by atoms with Crippen LogP contribution in [0.3, 0.4) is 0 Å². The van der Waals surface area contributed by atoms with Crippen molar-refractivity contribution in [2.24, 2.45) is 0 Å². The van der Waals surface area contributed by atoms with Gasteiger partial charge in [0.05, 0.1) is 11.2 Å². The molecule has 0 spiro atoms. The first-order chi connectivity index (χ1) is 8.42. The Kier molecular flexibility index (Phi) is 2.95.